The van der Waals surface area contributed by atoms with E-state index in [4.69, 9.17) is 10.00 Å². The largest absolute Gasteiger partial charge is 0.379 e. The van der Waals surface area contributed by atoms with Crippen LogP contribution in [0.15, 0.2) is 24.3 Å². The van der Waals surface area contributed by atoms with Gasteiger partial charge in [0.1, 0.15) is 0 Å². The fourth-order valence-corrected chi connectivity index (χ4v) is 2.67. The minimum atomic E-state index is -0.202. The second-order valence-electron chi connectivity index (χ2n) is 6.06. The maximum atomic E-state index is 8.91. The van der Waals surface area contributed by atoms with Crippen molar-refractivity contribution in [3.8, 4) is 6.07 Å². The molecule has 1 fully saturated rings. The van der Waals surface area contributed by atoms with E-state index in [1.807, 2.05) is 24.3 Å². The maximum absolute atomic E-state index is 8.91. The highest BCUT2D eigenvalue weighted by Gasteiger charge is 2.45. The van der Waals surface area contributed by atoms with E-state index in [9.17, 15) is 0 Å². The van der Waals surface area contributed by atoms with Gasteiger partial charge in [-0.3, -0.25) is 0 Å². The standard InChI is InChI=1S/C15H20N2O/c1-14(2)9-13(15(3,4)18-14)17-12-7-5-6-11(8-12)10-16/h5-8,13,17H,9H2,1-4H3. The van der Waals surface area contributed by atoms with E-state index in [2.05, 4.69) is 39.1 Å². The summed E-state index contributed by atoms with van der Waals surface area (Å²) in [7, 11) is 0. The van der Waals surface area contributed by atoms with Crippen molar-refractivity contribution in [2.45, 2.75) is 51.4 Å². The average Bonchev–Trinajstić information content (AvgIpc) is 2.47. The number of rotatable bonds is 2. The predicted molar refractivity (Wildman–Crippen MR) is 72.4 cm³/mol. The van der Waals surface area contributed by atoms with Gasteiger partial charge in [0.25, 0.3) is 0 Å². The van der Waals surface area contributed by atoms with Crippen molar-refractivity contribution in [3.63, 3.8) is 0 Å². The SMILES string of the molecule is CC1(C)CC(Nc2cccc(C#N)c2)C(C)(C)O1. The summed E-state index contributed by atoms with van der Waals surface area (Å²) in [6.07, 6.45) is 0.955. The Hall–Kier alpha value is -1.53. The molecule has 1 aliphatic heterocycles. The zero-order valence-corrected chi connectivity index (χ0v) is 11.4. The number of benzene rings is 1. The van der Waals surface area contributed by atoms with Crippen LogP contribution in [0.4, 0.5) is 5.69 Å². The highest BCUT2D eigenvalue weighted by molar-refractivity contribution is 5.50. The Bertz CT molecular complexity index is 486. The Morgan fingerprint density at radius 1 is 1.33 bits per heavy atom. The van der Waals surface area contributed by atoms with Gasteiger partial charge in [-0.15, -0.1) is 0 Å². The maximum Gasteiger partial charge on any atom is 0.0992 e. The van der Waals surface area contributed by atoms with Crippen molar-refractivity contribution in [1.82, 2.24) is 0 Å². The van der Waals surface area contributed by atoms with Crippen LogP contribution in [0.3, 0.4) is 0 Å². The van der Waals surface area contributed by atoms with Crippen LogP contribution >= 0.6 is 0 Å². The monoisotopic (exact) mass is 244 g/mol. The lowest BCUT2D eigenvalue weighted by atomic mass is 9.94. The first-order chi connectivity index (χ1) is 8.32. The predicted octanol–water partition coefficient (Wildman–Crippen LogP) is 3.32. The number of hydrogen-bond donors (Lipinski definition) is 1. The highest BCUT2D eigenvalue weighted by atomic mass is 16.5. The molecule has 2 rings (SSSR count). The Kier molecular flexibility index (Phi) is 3.08. The second kappa shape index (κ2) is 4.29. The van der Waals surface area contributed by atoms with E-state index in [0.29, 0.717) is 5.56 Å². The molecule has 3 nitrogen and oxygen atoms in total. The molecule has 0 bridgehead atoms. The van der Waals surface area contributed by atoms with Gasteiger partial charge in [0.15, 0.2) is 0 Å². The van der Waals surface area contributed by atoms with Crippen LogP contribution in [-0.4, -0.2) is 17.2 Å². The number of ether oxygens (including phenoxy) is 1. The fourth-order valence-electron chi connectivity index (χ4n) is 2.67. The molecule has 1 aliphatic rings. The number of nitrogens with zero attached hydrogens (tertiary/aromatic N) is 1. The number of hydrogen-bond acceptors (Lipinski definition) is 3. The van der Waals surface area contributed by atoms with Crippen LogP contribution in [0.1, 0.15) is 39.7 Å². The molecule has 1 aromatic rings. The summed E-state index contributed by atoms with van der Waals surface area (Å²) in [5.41, 5.74) is 1.35. The molecule has 96 valence electrons. The minimum Gasteiger partial charge on any atom is -0.379 e. The Balaban J connectivity index is 2.17. The molecule has 3 heteroatoms. The van der Waals surface area contributed by atoms with Gasteiger partial charge in [0.05, 0.1) is 28.9 Å². The molecule has 0 saturated carbocycles. The summed E-state index contributed by atoms with van der Waals surface area (Å²) in [4.78, 5) is 0. The third-order valence-electron chi connectivity index (χ3n) is 3.41. The van der Waals surface area contributed by atoms with Crippen molar-refractivity contribution in [3.05, 3.63) is 29.8 Å². The van der Waals surface area contributed by atoms with Crippen LogP contribution in [0.2, 0.25) is 0 Å². The van der Waals surface area contributed by atoms with Gasteiger partial charge in [-0.25, -0.2) is 0 Å². The molecule has 0 aliphatic carbocycles. The Morgan fingerprint density at radius 3 is 2.61 bits per heavy atom. The van der Waals surface area contributed by atoms with Gasteiger partial charge in [-0.05, 0) is 52.3 Å². The molecular formula is C15H20N2O. The van der Waals surface area contributed by atoms with Gasteiger partial charge in [0, 0.05) is 5.69 Å². The van der Waals surface area contributed by atoms with Crippen LogP contribution in [0.5, 0.6) is 0 Å². The molecule has 1 heterocycles. The van der Waals surface area contributed by atoms with Crippen molar-refractivity contribution in [1.29, 1.82) is 5.26 Å². The van der Waals surface area contributed by atoms with Gasteiger partial charge < -0.3 is 10.1 Å². The Labute approximate surface area is 109 Å². The molecular weight excluding hydrogens is 224 g/mol. The van der Waals surface area contributed by atoms with Crippen molar-refractivity contribution < 1.29 is 4.74 Å². The smallest absolute Gasteiger partial charge is 0.0992 e. The highest BCUT2D eigenvalue weighted by Crippen LogP contribution is 2.38. The number of nitrogens with one attached hydrogen (secondary N) is 1. The molecule has 1 unspecified atom stereocenters. The first-order valence-corrected chi connectivity index (χ1v) is 6.29. The molecule has 0 aromatic heterocycles. The molecule has 18 heavy (non-hydrogen) atoms. The third-order valence-corrected chi connectivity index (χ3v) is 3.41. The molecule has 0 radical (unpaired) electrons. The van der Waals surface area contributed by atoms with Crippen LogP contribution < -0.4 is 5.32 Å². The lowest BCUT2D eigenvalue weighted by molar-refractivity contribution is -0.0662. The summed E-state index contributed by atoms with van der Waals surface area (Å²) in [6, 6.07) is 9.98. The first-order valence-electron chi connectivity index (χ1n) is 6.29. The molecule has 1 aromatic carbocycles. The quantitative estimate of drug-likeness (QED) is 0.868. The van der Waals surface area contributed by atoms with Crippen LogP contribution in [0.25, 0.3) is 0 Å². The molecule has 0 amide bonds. The van der Waals surface area contributed by atoms with E-state index in [1.54, 1.807) is 0 Å². The van der Waals surface area contributed by atoms with Crippen molar-refractivity contribution >= 4 is 5.69 Å². The normalized spacial score (nSPS) is 24.5. The second-order valence-corrected chi connectivity index (χ2v) is 6.06. The minimum absolute atomic E-state index is 0.103. The zero-order chi connectivity index (χ0) is 13.4. The van der Waals surface area contributed by atoms with Crippen molar-refractivity contribution in [2.24, 2.45) is 0 Å². The fraction of sp³-hybridized carbons (Fsp3) is 0.533. The molecule has 1 saturated heterocycles. The summed E-state index contributed by atoms with van der Waals surface area (Å²) in [6.45, 7) is 8.44. The first kappa shape index (κ1) is 12.9. The lowest BCUT2D eigenvalue weighted by Crippen LogP contribution is -2.38. The van der Waals surface area contributed by atoms with E-state index < -0.39 is 0 Å². The molecule has 1 N–H and O–H groups in total. The Morgan fingerprint density at radius 2 is 2.06 bits per heavy atom. The average molecular weight is 244 g/mol. The van der Waals surface area contributed by atoms with Gasteiger partial charge in [-0.1, -0.05) is 6.07 Å². The number of anilines is 1. The van der Waals surface area contributed by atoms with E-state index in [-0.39, 0.29) is 17.2 Å². The summed E-state index contributed by atoms with van der Waals surface area (Å²) >= 11 is 0. The zero-order valence-electron chi connectivity index (χ0n) is 11.4. The molecule has 1 atom stereocenters. The third kappa shape index (κ3) is 2.65. The topological polar surface area (TPSA) is 45.0 Å². The summed E-state index contributed by atoms with van der Waals surface area (Å²) in [5.74, 6) is 0. The van der Waals surface area contributed by atoms with Gasteiger partial charge >= 0.3 is 0 Å². The number of nitriles is 1. The van der Waals surface area contributed by atoms with Crippen LogP contribution in [0, 0.1) is 11.3 Å². The summed E-state index contributed by atoms with van der Waals surface area (Å²) < 4.78 is 6.05. The lowest BCUT2D eigenvalue weighted by Gasteiger charge is -2.28. The molecule has 0 spiro atoms. The van der Waals surface area contributed by atoms with E-state index in [1.165, 1.54) is 0 Å². The van der Waals surface area contributed by atoms with Gasteiger partial charge in [-0.2, -0.15) is 5.26 Å². The van der Waals surface area contributed by atoms with E-state index >= 15 is 0 Å². The van der Waals surface area contributed by atoms with Crippen LogP contribution in [-0.2, 0) is 4.74 Å². The summed E-state index contributed by atoms with van der Waals surface area (Å²) in [5, 5.41) is 12.4. The van der Waals surface area contributed by atoms with Gasteiger partial charge in [0.2, 0.25) is 0 Å². The van der Waals surface area contributed by atoms with E-state index in [0.717, 1.165) is 12.1 Å². The van der Waals surface area contributed by atoms with Crippen molar-refractivity contribution in [2.75, 3.05) is 5.32 Å².